The molecule has 178 valence electrons. The Morgan fingerprint density at radius 2 is 1.79 bits per heavy atom. The van der Waals surface area contributed by atoms with E-state index >= 15 is 0 Å². The van der Waals surface area contributed by atoms with Crippen molar-refractivity contribution in [2.45, 2.75) is 83.5 Å². The fourth-order valence-corrected chi connectivity index (χ4v) is 4.83. The summed E-state index contributed by atoms with van der Waals surface area (Å²) in [5, 5.41) is 2.98. The molecule has 1 N–H and O–H groups in total. The Hall–Kier alpha value is -2.25. The van der Waals surface area contributed by atoms with E-state index in [4.69, 9.17) is 18.9 Å². The van der Waals surface area contributed by atoms with Gasteiger partial charge in [-0.2, -0.15) is 0 Å². The molecule has 2 aliphatic rings. The van der Waals surface area contributed by atoms with Crippen LogP contribution in [0, 0.1) is 6.92 Å². The summed E-state index contributed by atoms with van der Waals surface area (Å²) in [6.45, 7) is 9.07. The highest BCUT2D eigenvalue weighted by Gasteiger charge is 2.57. The van der Waals surface area contributed by atoms with Gasteiger partial charge in [-0.25, -0.2) is 0 Å². The van der Waals surface area contributed by atoms with Crippen molar-refractivity contribution in [1.29, 1.82) is 0 Å². The summed E-state index contributed by atoms with van der Waals surface area (Å²) in [4.78, 5) is 13.4. The van der Waals surface area contributed by atoms with E-state index in [-0.39, 0.29) is 24.2 Å². The summed E-state index contributed by atoms with van der Waals surface area (Å²) in [6, 6.07) is 18.2. The number of hydrogen-bond donors (Lipinski definition) is 1. The number of ether oxygens (including phenoxy) is 4. The van der Waals surface area contributed by atoms with Gasteiger partial charge in [0, 0.05) is 19.4 Å². The van der Waals surface area contributed by atoms with Gasteiger partial charge in [0.25, 0.3) is 5.91 Å². The molecule has 0 radical (unpaired) electrons. The molecular weight excluding hydrogens is 418 g/mol. The Kier molecular flexibility index (Phi) is 7.19. The lowest BCUT2D eigenvalue weighted by Gasteiger charge is -2.43. The summed E-state index contributed by atoms with van der Waals surface area (Å²) in [6.07, 6.45) is -0.0727. The smallest absolute Gasteiger partial charge is 0.252 e. The van der Waals surface area contributed by atoms with E-state index in [9.17, 15) is 4.79 Å². The van der Waals surface area contributed by atoms with Gasteiger partial charge in [-0.05, 0) is 38.8 Å². The second-order valence-electron chi connectivity index (χ2n) is 9.51. The van der Waals surface area contributed by atoms with Crippen LogP contribution in [0.1, 0.15) is 50.3 Å². The number of carbonyl (C=O) groups excluding carboxylic acids is 1. The SMILES string of the molecule is CCNC(=O)[C@@]1(OCc2cccc(C)c2)C[C@@H](OCc2ccccc2)[C@@H]2OC(C)(C)O[C@@H]2C1. The normalized spacial score (nSPS) is 28.3. The average molecular weight is 454 g/mol. The van der Waals surface area contributed by atoms with Crippen LogP contribution in [0.15, 0.2) is 54.6 Å². The predicted octanol–water partition coefficient (Wildman–Crippen LogP) is 4.29. The summed E-state index contributed by atoms with van der Waals surface area (Å²) in [5.74, 6) is -0.866. The number of benzene rings is 2. The first-order valence-corrected chi connectivity index (χ1v) is 11.8. The van der Waals surface area contributed by atoms with Crippen molar-refractivity contribution in [2.75, 3.05) is 6.54 Å². The fraction of sp³-hybridized carbons (Fsp3) is 0.519. The van der Waals surface area contributed by atoms with E-state index in [0.29, 0.717) is 32.6 Å². The largest absolute Gasteiger partial charge is 0.371 e. The zero-order valence-electron chi connectivity index (χ0n) is 20.0. The molecule has 33 heavy (non-hydrogen) atoms. The molecular formula is C27H35NO5. The third-order valence-electron chi connectivity index (χ3n) is 6.31. The molecule has 2 aromatic carbocycles. The van der Waals surface area contributed by atoms with Gasteiger partial charge < -0.3 is 24.3 Å². The molecule has 2 fully saturated rings. The Morgan fingerprint density at radius 3 is 2.52 bits per heavy atom. The average Bonchev–Trinajstić information content (AvgIpc) is 3.10. The van der Waals surface area contributed by atoms with E-state index in [1.165, 1.54) is 0 Å². The maximum Gasteiger partial charge on any atom is 0.252 e. The van der Waals surface area contributed by atoms with Gasteiger partial charge in [0.2, 0.25) is 0 Å². The fourth-order valence-electron chi connectivity index (χ4n) is 4.83. The molecule has 0 aromatic heterocycles. The van der Waals surface area contributed by atoms with E-state index < -0.39 is 11.4 Å². The Bertz CT molecular complexity index is 947. The van der Waals surface area contributed by atoms with Crippen LogP contribution in [0.4, 0.5) is 0 Å². The number of fused-ring (bicyclic) bond motifs is 1. The second-order valence-corrected chi connectivity index (χ2v) is 9.51. The third kappa shape index (κ3) is 5.64. The molecule has 1 saturated heterocycles. The van der Waals surface area contributed by atoms with Crippen LogP contribution in [-0.4, -0.2) is 42.2 Å². The van der Waals surface area contributed by atoms with Gasteiger partial charge in [0.15, 0.2) is 11.4 Å². The molecule has 4 atom stereocenters. The van der Waals surface area contributed by atoms with Crippen molar-refractivity contribution in [3.05, 3.63) is 71.3 Å². The zero-order valence-corrected chi connectivity index (χ0v) is 20.0. The lowest BCUT2D eigenvalue weighted by atomic mass is 9.78. The summed E-state index contributed by atoms with van der Waals surface area (Å²) >= 11 is 0. The quantitative estimate of drug-likeness (QED) is 0.646. The molecule has 1 saturated carbocycles. The van der Waals surface area contributed by atoms with E-state index in [0.717, 1.165) is 16.7 Å². The van der Waals surface area contributed by atoms with Crippen LogP contribution in [0.5, 0.6) is 0 Å². The summed E-state index contributed by atoms with van der Waals surface area (Å²) in [5.41, 5.74) is 2.20. The number of hydrogen-bond acceptors (Lipinski definition) is 5. The van der Waals surface area contributed by atoms with Crippen molar-refractivity contribution in [1.82, 2.24) is 5.32 Å². The number of aryl methyl sites for hydroxylation is 1. The molecule has 6 nitrogen and oxygen atoms in total. The van der Waals surface area contributed by atoms with Crippen LogP contribution in [0.2, 0.25) is 0 Å². The lowest BCUT2D eigenvalue weighted by molar-refractivity contribution is -0.183. The molecule has 1 heterocycles. The monoisotopic (exact) mass is 453 g/mol. The predicted molar refractivity (Wildman–Crippen MR) is 125 cm³/mol. The molecule has 1 aliphatic carbocycles. The van der Waals surface area contributed by atoms with Gasteiger partial charge >= 0.3 is 0 Å². The van der Waals surface area contributed by atoms with Gasteiger partial charge in [-0.3, -0.25) is 4.79 Å². The molecule has 4 rings (SSSR count). The van der Waals surface area contributed by atoms with Crippen LogP contribution < -0.4 is 5.32 Å². The Morgan fingerprint density at radius 1 is 1.03 bits per heavy atom. The van der Waals surface area contributed by atoms with Crippen molar-refractivity contribution in [2.24, 2.45) is 0 Å². The highest BCUT2D eigenvalue weighted by molar-refractivity contribution is 5.85. The topological polar surface area (TPSA) is 66.0 Å². The van der Waals surface area contributed by atoms with Gasteiger partial charge in [-0.15, -0.1) is 0 Å². The van der Waals surface area contributed by atoms with Crippen molar-refractivity contribution >= 4 is 5.91 Å². The maximum absolute atomic E-state index is 13.4. The van der Waals surface area contributed by atoms with Crippen LogP contribution in [0.3, 0.4) is 0 Å². The molecule has 0 spiro atoms. The van der Waals surface area contributed by atoms with Gasteiger partial charge in [0.05, 0.1) is 25.4 Å². The van der Waals surface area contributed by atoms with E-state index in [1.54, 1.807) is 0 Å². The first-order chi connectivity index (χ1) is 15.8. The molecule has 2 aromatic rings. The molecule has 0 bridgehead atoms. The van der Waals surface area contributed by atoms with Crippen molar-refractivity contribution in [3.8, 4) is 0 Å². The molecule has 0 unspecified atom stereocenters. The first kappa shape index (κ1) is 23.9. The number of likely N-dealkylation sites (N-methyl/N-ethyl adjacent to an activating group) is 1. The molecule has 6 heteroatoms. The highest BCUT2D eigenvalue weighted by atomic mass is 16.8. The van der Waals surface area contributed by atoms with Crippen molar-refractivity contribution in [3.63, 3.8) is 0 Å². The lowest BCUT2D eigenvalue weighted by Crippen LogP contribution is -2.60. The number of nitrogens with one attached hydrogen (secondary N) is 1. The first-order valence-electron chi connectivity index (χ1n) is 11.8. The number of rotatable bonds is 8. The van der Waals surface area contributed by atoms with Crippen molar-refractivity contribution < 1.29 is 23.7 Å². The minimum atomic E-state index is -1.06. The van der Waals surface area contributed by atoms with E-state index in [2.05, 4.69) is 11.4 Å². The van der Waals surface area contributed by atoms with Crippen LogP contribution >= 0.6 is 0 Å². The minimum Gasteiger partial charge on any atom is -0.371 e. The molecule has 1 aliphatic heterocycles. The summed E-state index contributed by atoms with van der Waals surface area (Å²) < 4.78 is 25.3. The van der Waals surface area contributed by atoms with Crippen LogP contribution in [0.25, 0.3) is 0 Å². The van der Waals surface area contributed by atoms with Crippen LogP contribution in [-0.2, 0) is 37.0 Å². The zero-order chi connectivity index (χ0) is 23.5. The minimum absolute atomic E-state index is 0.127. The van der Waals surface area contributed by atoms with Gasteiger partial charge in [-0.1, -0.05) is 60.2 Å². The Balaban J connectivity index is 1.59. The second kappa shape index (κ2) is 9.94. The standard InChI is InChI=1S/C27H35NO5/c1-5-28-25(29)27(31-18-21-13-9-10-19(2)14-21)15-22(30-17-20-11-7-6-8-12-20)24-23(16-27)32-26(3,4)33-24/h6-14,22-24H,5,15-18H2,1-4H3,(H,28,29)/t22-,23-,24+,27-/m1/s1. The molecule has 1 amide bonds. The Labute approximate surface area is 196 Å². The summed E-state index contributed by atoms with van der Waals surface area (Å²) in [7, 11) is 0. The van der Waals surface area contributed by atoms with Gasteiger partial charge in [0.1, 0.15) is 6.10 Å². The number of amides is 1. The van der Waals surface area contributed by atoms with E-state index in [1.807, 2.05) is 76.2 Å². The third-order valence-corrected chi connectivity index (χ3v) is 6.31. The highest BCUT2D eigenvalue weighted by Crippen LogP contribution is 2.44. The maximum atomic E-state index is 13.4. The number of carbonyl (C=O) groups is 1.